The maximum atomic E-state index is 11.8. The number of nitrogens with two attached hydrogens (primary N) is 1. The van der Waals surface area contributed by atoms with Crippen molar-refractivity contribution in [2.24, 2.45) is 5.73 Å². The van der Waals surface area contributed by atoms with Crippen LogP contribution in [0.4, 0.5) is 0 Å². The van der Waals surface area contributed by atoms with Crippen LogP contribution in [-0.4, -0.2) is 29.3 Å². The number of hydrogen-bond donors (Lipinski definition) is 2. The lowest BCUT2D eigenvalue weighted by Gasteiger charge is -2.20. The van der Waals surface area contributed by atoms with Gasteiger partial charge in [0.05, 0.1) is 5.69 Å². The lowest BCUT2D eigenvalue weighted by Crippen LogP contribution is -2.17. The van der Waals surface area contributed by atoms with E-state index in [1.807, 2.05) is 22.8 Å². The summed E-state index contributed by atoms with van der Waals surface area (Å²) in [4.78, 5) is 14.4. The highest BCUT2D eigenvalue weighted by molar-refractivity contribution is 7.71. The summed E-state index contributed by atoms with van der Waals surface area (Å²) in [6.45, 7) is 2.27. The van der Waals surface area contributed by atoms with Gasteiger partial charge in [0.1, 0.15) is 13.2 Å². The summed E-state index contributed by atoms with van der Waals surface area (Å²) in [5.41, 5.74) is 6.97. The zero-order chi connectivity index (χ0) is 15.5. The van der Waals surface area contributed by atoms with E-state index < -0.39 is 0 Å². The molecule has 0 saturated heterocycles. The lowest BCUT2D eigenvalue weighted by molar-refractivity contribution is 0.171. The van der Waals surface area contributed by atoms with Crippen molar-refractivity contribution < 1.29 is 9.47 Å². The van der Waals surface area contributed by atoms with Crippen molar-refractivity contribution in [3.8, 4) is 22.8 Å². The molecule has 6 nitrogen and oxygen atoms in total. The fraction of sp³-hybridized carbons (Fsp3) is 0.333. The molecule has 0 bridgehead atoms. The fourth-order valence-corrected chi connectivity index (χ4v) is 2.72. The first kappa shape index (κ1) is 17.5. The molecule has 1 aliphatic rings. The van der Waals surface area contributed by atoms with Gasteiger partial charge in [-0.25, -0.2) is 0 Å². The number of benzene rings is 1. The number of nitrogens with one attached hydrogen (secondary N) is 1. The Morgan fingerprint density at radius 3 is 2.70 bits per heavy atom. The van der Waals surface area contributed by atoms with Crippen molar-refractivity contribution in [3.05, 3.63) is 39.4 Å². The molecule has 1 aromatic heterocycles. The minimum Gasteiger partial charge on any atom is -0.486 e. The first-order valence-electron chi connectivity index (χ1n) is 7.13. The topological polar surface area (TPSA) is 82.3 Å². The third kappa shape index (κ3) is 3.74. The number of fused-ring (bicyclic) bond motifs is 1. The summed E-state index contributed by atoms with van der Waals surface area (Å²) in [6.07, 6.45) is 0.776. The van der Waals surface area contributed by atoms with E-state index in [0.29, 0.717) is 42.6 Å². The van der Waals surface area contributed by atoms with Crippen molar-refractivity contribution in [2.75, 3.05) is 19.8 Å². The summed E-state index contributed by atoms with van der Waals surface area (Å²) < 4.78 is 13.4. The SMILES string of the molecule is Cl.NCCCn1c(-c2ccc3c(c2)OCCO3)cc(=O)[nH]c1=S. The van der Waals surface area contributed by atoms with Gasteiger partial charge < -0.3 is 19.8 Å². The molecule has 3 N–H and O–H groups in total. The quantitative estimate of drug-likeness (QED) is 0.821. The molecule has 8 heteroatoms. The highest BCUT2D eigenvalue weighted by atomic mass is 35.5. The molecule has 2 aromatic rings. The second kappa shape index (κ2) is 7.63. The number of ether oxygens (including phenoxy) is 2. The predicted octanol–water partition coefficient (Wildman–Crippen LogP) is 2.11. The fourth-order valence-electron chi connectivity index (χ4n) is 2.43. The Balaban J connectivity index is 0.00000192. The van der Waals surface area contributed by atoms with E-state index in [9.17, 15) is 4.79 Å². The van der Waals surface area contributed by atoms with E-state index in [1.54, 1.807) is 0 Å². The van der Waals surface area contributed by atoms with Gasteiger partial charge in [0.25, 0.3) is 5.56 Å². The Kier molecular flexibility index (Phi) is 5.81. The van der Waals surface area contributed by atoms with Gasteiger partial charge in [-0.2, -0.15) is 0 Å². The summed E-state index contributed by atoms with van der Waals surface area (Å²) in [7, 11) is 0. The summed E-state index contributed by atoms with van der Waals surface area (Å²) >= 11 is 5.27. The average molecular weight is 356 g/mol. The van der Waals surface area contributed by atoms with Crippen LogP contribution in [-0.2, 0) is 6.54 Å². The molecule has 0 saturated carbocycles. The average Bonchev–Trinajstić information content (AvgIpc) is 2.53. The first-order valence-corrected chi connectivity index (χ1v) is 7.54. The molecule has 1 aliphatic heterocycles. The molecule has 2 heterocycles. The van der Waals surface area contributed by atoms with E-state index in [-0.39, 0.29) is 18.0 Å². The molecule has 124 valence electrons. The number of aromatic nitrogens is 2. The zero-order valence-electron chi connectivity index (χ0n) is 12.4. The Morgan fingerprint density at radius 1 is 1.22 bits per heavy atom. The Hall–Kier alpha value is -1.83. The number of halogens is 1. The smallest absolute Gasteiger partial charge is 0.252 e. The minimum atomic E-state index is -0.223. The molecule has 3 rings (SSSR count). The molecule has 0 spiro atoms. The normalized spacial score (nSPS) is 12.6. The molecular weight excluding hydrogens is 338 g/mol. The molecule has 0 amide bonds. The molecule has 1 aromatic carbocycles. The van der Waals surface area contributed by atoms with Crippen molar-refractivity contribution in [2.45, 2.75) is 13.0 Å². The van der Waals surface area contributed by atoms with E-state index in [1.165, 1.54) is 6.07 Å². The number of H-pyrrole nitrogens is 1. The van der Waals surface area contributed by atoms with Gasteiger partial charge in [0.15, 0.2) is 16.3 Å². The van der Waals surface area contributed by atoms with Gasteiger partial charge in [0.2, 0.25) is 0 Å². The van der Waals surface area contributed by atoms with Gasteiger partial charge in [-0.1, -0.05) is 0 Å². The Morgan fingerprint density at radius 2 is 1.96 bits per heavy atom. The van der Waals surface area contributed by atoms with Crippen LogP contribution in [0.5, 0.6) is 11.5 Å². The van der Waals surface area contributed by atoms with Crippen LogP contribution < -0.4 is 20.8 Å². The van der Waals surface area contributed by atoms with Crippen molar-refractivity contribution in [1.29, 1.82) is 0 Å². The number of nitrogens with zero attached hydrogens (tertiary/aromatic N) is 1. The largest absolute Gasteiger partial charge is 0.486 e. The first-order chi connectivity index (χ1) is 10.7. The van der Waals surface area contributed by atoms with Gasteiger partial charge in [0, 0.05) is 18.2 Å². The molecular formula is C15H18ClN3O3S. The third-order valence-electron chi connectivity index (χ3n) is 3.46. The predicted molar refractivity (Wildman–Crippen MR) is 93.2 cm³/mol. The zero-order valence-corrected chi connectivity index (χ0v) is 14.0. The highest BCUT2D eigenvalue weighted by Crippen LogP contribution is 2.34. The van der Waals surface area contributed by atoms with Crippen LogP contribution >= 0.6 is 24.6 Å². The maximum Gasteiger partial charge on any atom is 0.252 e. The molecule has 0 fully saturated rings. The van der Waals surface area contributed by atoms with Crippen molar-refractivity contribution in [1.82, 2.24) is 9.55 Å². The summed E-state index contributed by atoms with van der Waals surface area (Å²) in [5, 5.41) is 0. The second-order valence-electron chi connectivity index (χ2n) is 4.98. The number of hydrogen-bond acceptors (Lipinski definition) is 5. The molecule has 0 unspecified atom stereocenters. The molecule has 0 radical (unpaired) electrons. The second-order valence-corrected chi connectivity index (χ2v) is 5.36. The Bertz CT molecular complexity index is 803. The van der Waals surface area contributed by atoms with Gasteiger partial charge in [-0.05, 0) is 43.4 Å². The van der Waals surface area contributed by atoms with Crippen molar-refractivity contribution >= 4 is 24.6 Å². The van der Waals surface area contributed by atoms with Crippen LogP contribution in [0.2, 0.25) is 0 Å². The monoisotopic (exact) mass is 355 g/mol. The van der Waals surface area contributed by atoms with Crippen molar-refractivity contribution in [3.63, 3.8) is 0 Å². The number of rotatable bonds is 4. The van der Waals surface area contributed by atoms with Gasteiger partial charge in [-0.3, -0.25) is 9.78 Å². The number of aromatic amines is 1. The van der Waals surface area contributed by atoms with Crippen LogP contribution in [0.15, 0.2) is 29.1 Å². The standard InChI is InChI=1S/C15H17N3O3S.ClH/c16-4-1-5-18-11(9-14(19)17-15(18)22)10-2-3-12-13(8-10)21-7-6-20-12;/h2-3,8-9H,1,4-7,16H2,(H,17,19,22);1H. The summed E-state index contributed by atoms with van der Waals surface area (Å²) in [6, 6.07) is 7.16. The van der Waals surface area contributed by atoms with E-state index in [4.69, 9.17) is 27.4 Å². The maximum absolute atomic E-state index is 11.8. The van der Waals surface area contributed by atoms with Crippen LogP contribution in [0.3, 0.4) is 0 Å². The van der Waals surface area contributed by atoms with Crippen LogP contribution in [0.25, 0.3) is 11.3 Å². The van der Waals surface area contributed by atoms with Gasteiger partial charge in [-0.15, -0.1) is 12.4 Å². The van der Waals surface area contributed by atoms with Gasteiger partial charge >= 0.3 is 0 Å². The highest BCUT2D eigenvalue weighted by Gasteiger charge is 2.14. The Labute approximate surface area is 144 Å². The van der Waals surface area contributed by atoms with Crippen LogP contribution in [0.1, 0.15) is 6.42 Å². The molecule has 23 heavy (non-hydrogen) atoms. The molecule has 0 aliphatic carbocycles. The van der Waals surface area contributed by atoms with E-state index in [0.717, 1.165) is 17.7 Å². The van der Waals surface area contributed by atoms with E-state index in [2.05, 4.69) is 4.98 Å². The lowest BCUT2D eigenvalue weighted by atomic mass is 10.1. The minimum absolute atomic E-state index is 0. The molecule has 0 atom stereocenters. The van der Waals surface area contributed by atoms with E-state index >= 15 is 0 Å². The third-order valence-corrected chi connectivity index (χ3v) is 3.78. The van der Waals surface area contributed by atoms with Crippen LogP contribution in [0, 0.1) is 4.77 Å². The summed E-state index contributed by atoms with van der Waals surface area (Å²) in [5.74, 6) is 1.40.